The van der Waals surface area contributed by atoms with E-state index >= 15 is 0 Å². The largest absolute Gasteiger partial charge is 0.393 e. The number of hydroxylamine groups is 1. The zero-order valence-electron chi connectivity index (χ0n) is 23.2. The van der Waals surface area contributed by atoms with Gasteiger partial charge in [0.2, 0.25) is 5.91 Å². The number of carbonyl (C=O) groups is 2. The second kappa shape index (κ2) is 7.56. The number of aliphatic hydroxyl groups is 1. The predicted molar refractivity (Wildman–Crippen MR) is 135 cm³/mol. The van der Waals surface area contributed by atoms with Crippen LogP contribution in [-0.4, -0.2) is 28.1 Å². The molecule has 5 nitrogen and oxygen atoms in total. The molecule has 0 bridgehead atoms. The number of hydrogen-bond acceptors (Lipinski definition) is 4. The van der Waals surface area contributed by atoms with Gasteiger partial charge < -0.3 is 5.11 Å². The molecule has 10 atom stereocenters. The number of fused-ring (bicyclic) bond motifs is 7. The summed E-state index contributed by atoms with van der Waals surface area (Å²) < 4.78 is 0. The highest BCUT2D eigenvalue weighted by molar-refractivity contribution is 5.85. The van der Waals surface area contributed by atoms with E-state index in [-0.39, 0.29) is 50.9 Å². The smallest absolute Gasteiger partial charge is 0.249 e. The van der Waals surface area contributed by atoms with Crippen molar-refractivity contribution in [2.75, 3.05) is 0 Å². The van der Waals surface area contributed by atoms with Crippen molar-refractivity contribution < 1.29 is 19.9 Å². The molecule has 5 aliphatic rings. The average Bonchev–Trinajstić information content (AvgIpc) is 2.78. The zero-order valence-corrected chi connectivity index (χ0v) is 23.2. The molecule has 5 aliphatic carbocycles. The van der Waals surface area contributed by atoms with Crippen LogP contribution in [0.5, 0.6) is 0 Å². The molecule has 0 aromatic rings. The third-order valence-corrected chi connectivity index (χ3v) is 13.8. The fraction of sp³-hybridized carbons (Fsp3) is 0.933. The van der Waals surface area contributed by atoms with Crippen LogP contribution in [0, 0.1) is 56.2 Å². The number of amides is 1. The van der Waals surface area contributed by atoms with E-state index in [1.807, 2.05) is 12.4 Å². The van der Waals surface area contributed by atoms with E-state index in [0.717, 1.165) is 57.8 Å². The Labute approximate surface area is 212 Å². The molecular formula is C30H49NO4. The maximum atomic E-state index is 14.3. The van der Waals surface area contributed by atoms with Gasteiger partial charge in [-0.05, 0) is 103 Å². The molecule has 0 saturated heterocycles. The molecule has 198 valence electrons. The van der Waals surface area contributed by atoms with Gasteiger partial charge in [-0.3, -0.25) is 14.8 Å². The summed E-state index contributed by atoms with van der Waals surface area (Å²) in [5.74, 6) is 1.17. The Morgan fingerprint density at radius 1 is 0.857 bits per heavy atom. The molecular weight excluding hydrogens is 438 g/mol. The SMILES string of the molecule is CC1(C)C2CC[C@]3(C)[C@H](C(=O)C[C@@H]4[C@H]5C[C@@](C)(C(=O)NO)CC[C@]5(C)CC[C@]43C)[C@@]2(C)CC[C@@H]1O. The normalized spacial score (nSPS) is 55.1. The molecule has 0 radical (unpaired) electrons. The van der Waals surface area contributed by atoms with Gasteiger partial charge in [0.15, 0.2) is 0 Å². The van der Waals surface area contributed by atoms with E-state index in [9.17, 15) is 19.9 Å². The van der Waals surface area contributed by atoms with Gasteiger partial charge in [0, 0.05) is 17.8 Å². The van der Waals surface area contributed by atoms with Crippen LogP contribution in [0.3, 0.4) is 0 Å². The van der Waals surface area contributed by atoms with Crippen molar-refractivity contribution >= 4 is 11.7 Å². The van der Waals surface area contributed by atoms with Crippen LogP contribution in [0.4, 0.5) is 0 Å². The lowest BCUT2D eigenvalue weighted by Crippen LogP contribution is -2.69. The fourth-order valence-corrected chi connectivity index (χ4v) is 11.2. The highest BCUT2D eigenvalue weighted by atomic mass is 16.5. The summed E-state index contributed by atoms with van der Waals surface area (Å²) in [6, 6.07) is 0. The molecule has 0 spiro atoms. The van der Waals surface area contributed by atoms with E-state index in [1.165, 1.54) is 0 Å². The first kappa shape index (κ1) is 25.7. The quantitative estimate of drug-likeness (QED) is 0.317. The Morgan fingerprint density at radius 3 is 2.17 bits per heavy atom. The second-order valence-electron chi connectivity index (χ2n) is 15.5. The fourth-order valence-electron chi connectivity index (χ4n) is 11.2. The zero-order chi connectivity index (χ0) is 25.8. The van der Waals surface area contributed by atoms with Crippen molar-refractivity contribution in [3.8, 4) is 0 Å². The summed E-state index contributed by atoms with van der Waals surface area (Å²) in [4.78, 5) is 27.0. The minimum atomic E-state index is -0.578. The van der Waals surface area contributed by atoms with Crippen molar-refractivity contribution in [2.24, 2.45) is 56.2 Å². The Kier molecular flexibility index (Phi) is 5.55. The topological polar surface area (TPSA) is 86.6 Å². The Bertz CT molecular complexity index is 931. The maximum absolute atomic E-state index is 14.3. The average molecular weight is 488 g/mol. The van der Waals surface area contributed by atoms with Crippen LogP contribution in [0.1, 0.15) is 113 Å². The summed E-state index contributed by atoms with van der Waals surface area (Å²) in [5, 5.41) is 20.4. The molecule has 1 unspecified atom stereocenters. The third-order valence-electron chi connectivity index (χ3n) is 13.8. The van der Waals surface area contributed by atoms with Gasteiger partial charge in [0.25, 0.3) is 0 Å². The van der Waals surface area contributed by atoms with Gasteiger partial charge in [0.05, 0.1) is 6.10 Å². The predicted octanol–water partition coefficient (Wildman–Crippen LogP) is 5.91. The molecule has 0 aliphatic heterocycles. The summed E-state index contributed by atoms with van der Waals surface area (Å²) in [6.45, 7) is 16.2. The lowest BCUT2D eigenvalue weighted by molar-refractivity contribution is -0.242. The van der Waals surface area contributed by atoms with Gasteiger partial charge in [-0.15, -0.1) is 0 Å². The third kappa shape index (κ3) is 3.12. The highest BCUT2D eigenvalue weighted by Crippen LogP contribution is 2.76. The first-order valence-electron chi connectivity index (χ1n) is 14.2. The number of Topliss-reactive ketones (excluding diaryl/α,β-unsaturated/α-hetero) is 1. The Morgan fingerprint density at radius 2 is 1.51 bits per heavy atom. The van der Waals surface area contributed by atoms with E-state index in [1.54, 1.807) is 0 Å². The van der Waals surface area contributed by atoms with Crippen LogP contribution in [-0.2, 0) is 9.59 Å². The molecule has 5 fully saturated rings. The van der Waals surface area contributed by atoms with Crippen LogP contribution < -0.4 is 5.48 Å². The van der Waals surface area contributed by atoms with E-state index < -0.39 is 5.41 Å². The minimum absolute atomic E-state index is 0.0434. The van der Waals surface area contributed by atoms with Crippen molar-refractivity contribution in [2.45, 2.75) is 119 Å². The van der Waals surface area contributed by atoms with E-state index in [0.29, 0.717) is 24.0 Å². The van der Waals surface area contributed by atoms with Gasteiger partial charge in [0.1, 0.15) is 5.78 Å². The number of ketones is 1. The van der Waals surface area contributed by atoms with Crippen LogP contribution in [0.25, 0.3) is 0 Å². The van der Waals surface area contributed by atoms with Crippen molar-refractivity contribution in [3.05, 3.63) is 0 Å². The molecule has 5 heteroatoms. The lowest BCUT2D eigenvalue weighted by Gasteiger charge is -2.72. The number of carbonyl (C=O) groups excluding carboxylic acids is 2. The van der Waals surface area contributed by atoms with Gasteiger partial charge >= 0.3 is 0 Å². The summed E-state index contributed by atoms with van der Waals surface area (Å²) in [6.07, 6.45) is 9.01. The number of aliphatic hydroxyl groups excluding tert-OH is 1. The van der Waals surface area contributed by atoms with Crippen molar-refractivity contribution in [3.63, 3.8) is 0 Å². The van der Waals surface area contributed by atoms with Gasteiger partial charge in [-0.25, -0.2) is 5.48 Å². The second-order valence-corrected chi connectivity index (χ2v) is 15.5. The Balaban J connectivity index is 1.55. The molecule has 35 heavy (non-hydrogen) atoms. The van der Waals surface area contributed by atoms with E-state index in [4.69, 9.17) is 0 Å². The summed E-state index contributed by atoms with van der Waals surface area (Å²) >= 11 is 0. The molecule has 5 saturated carbocycles. The van der Waals surface area contributed by atoms with Crippen LogP contribution in [0.15, 0.2) is 0 Å². The summed E-state index contributed by atoms with van der Waals surface area (Å²) in [5.41, 5.74) is 1.28. The van der Waals surface area contributed by atoms with Crippen LogP contribution in [0.2, 0.25) is 0 Å². The number of nitrogens with one attached hydrogen (secondary N) is 1. The maximum Gasteiger partial charge on any atom is 0.249 e. The molecule has 5 rings (SSSR count). The van der Waals surface area contributed by atoms with Gasteiger partial charge in [-0.1, -0.05) is 48.5 Å². The van der Waals surface area contributed by atoms with Crippen molar-refractivity contribution in [1.82, 2.24) is 5.48 Å². The van der Waals surface area contributed by atoms with Crippen molar-refractivity contribution in [1.29, 1.82) is 0 Å². The highest BCUT2D eigenvalue weighted by Gasteiger charge is 2.72. The molecule has 3 N–H and O–H groups in total. The standard InChI is InChI=1S/C30H49NO4/c1-25(2)21-8-11-30(7)23(28(21,5)10-9-22(25)33)20(32)16-18-19-17-27(4,24(34)31-35)13-12-26(19,3)14-15-29(18,30)6/h18-19,21-23,33,35H,8-17H2,1-7H3,(H,31,34)/t18-,19-,21?,22+,23-,26-,27+,28+,29-,30-/m1/s1. The number of hydrogen-bond donors (Lipinski definition) is 3. The number of rotatable bonds is 1. The molecule has 0 aromatic carbocycles. The molecule has 0 aromatic heterocycles. The lowest BCUT2D eigenvalue weighted by atomic mass is 9.31. The monoisotopic (exact) mass is 487 g/mol. The van der Waals surface area contributed by atoms with Crippen LogP contribution >= 0.6 is 0 Å². The van der Waals surface area contributed by atoms with Gasteiger partial charge in [-0.2, -0.15) is 0 Å². The Hall–Kier alpha value is -0.940. The minimum Gasteiger partial charge on any atom is -0.393 e. The first-order chi connectivity index (χ1) is 16.1. The molecule has 0 heterocycles. The van der Waals surface area contributed by atoms with E-state index in [2.05, 4.69) is 41.5 Å². The summed E-state index contributed by atoms with van der Waals surface area (Å²) in [7, 11) is 0. The first-order valence-corrected chi connectivity index (χ1v) is 14.2. The molecule has 1 amide bonds.